The summed E-state index contributed by atoms with van der Waals surface area (Å²) >= 11 is 1.69. The molecule has 2 aromatic rings. The minimum Gasteiger partial charge on any atom is -0.356 e. The van der Waals surface area contributed by atoms with Crippen LogP contribution in [0.1, 0.15) is 18.5 Å². The summed E-state index contributed by atoms with van der Waals surface area (Å²) in [4.78, 5) is 0. The summed E-state index contributed by atoms with van der Waals surface area (Å²) < 4.78 is 32.2. The van der Waals surface area contributed by atoms with Crippen LogP contribution in [0.2, 0.25) is 0 Å². The number of para-hydroxylation sites is 1. The fourth-order valence-corrected chi connectivity index (χ4v) is 5.42. The van der Waals surface area contributed by atoms with Crippen molar-refractivity contribution in [1.29, 1.82) is 0 Å². The van der Waals surface area contributed by atoms with Crippen molar-refractivity contribution in [2.75, 3.05) is 18.6 Å². The molecule has 0 bridgehead atoms. The molecule has 1 aliphatic rings. The molecular weight excluding hydrogens is 308 g/mol. The van der Waals surface area contributed by atoms with E-state index in [0.717, 1.165) is 24.0 Å². The SMILES string of the molecule is CSC[C@@H]1CCCN1S(=O)(=O)Cc1noc2ccccc12. The summed E-state index contributed by atoms with van der Waals surface area (Å²) in [6.07, 6.45) is 3.89. The number of benzene rings is 1. The van der Waals surface area contributed by atoms with Crippen LogP contribution in [0.4, 0.5) is 0 Å². The predicted molar refractivity (Wildman–Crippen MR) is 84.7 cm³/mol. The molecule has 1 aromatic carbocycles. The van der Waals surface area contributed by atoms with Crippen LogP contribution in [0.5, 0.6) is 0 Å². The van der Waals surface area contributed by atoms with Gasteiger partial charge >= 0.3 is 0 Å². The van der Waals surface area contributed by atoms with Crippen LogP contribution in [0.15, 0.2) is 28.8 Å². The summed E-state index contributed by atoms with van der Waals surface area (Å²) in [6, 6.07) is 7.47. The lowest BCUT2D eigenvalue weighted by molar-refractivity contribution is 0.408. The second kappa shape index (κ2) is 5.98. The molecule has 0 radical (unpaired) electrons. The molecule has 0 unspecified atom stereocenters. The largest absolute Gasteiger partial charge is 0.356 e. The Kier molecular flexibility index (Phi) is 4.24. The van der Waals surface area contributed by atoms with E-state index >= 15 is 0 Å². The normalized spacial score (nSPS) is 20.3. The second-order valence-corrected chi connectivity index (χ2v) is 8.08. The molecule has 114 valence electrons. The summed E-state index contributed by atoms with van der Waals surface area (Å²) in [5.74, 6) is 0.758. The molecular formula is C14H18N2O3S2. The number of rotatable bonds is 5. The zero-order valence-electron chi connectivity index (χ0n) is 11.9. The third kappa shape index (κ3) is 2.95. The minimum absolute atomic E-state index is 0.0884. The van der Waals surface area contributed by atoms with E-state index in [1.54, 1.807) is 22.1 Å². The summed E-state index contributed by atoms with van der Waals surface area (Å²) in [5, 5.41) is 4.72. The number of thioether (sulfide) groups is 1. The van der Waals surface area contributed by atoms with E-state index in [4.69, 9.17) is 4.52 Å². The van der Waals surface area contributed by atoms with Gasteiger partial charge in [-0.2, -0.15) is 16.1 Å². The summed E-state index contributed by atoms with van der Waals surface area (Å²) in [7, 11) is -3.35. The minimum atomic E-state index is -3.35. The van der Waals surface area contributed by atoms with Crippen LogP contribution in [0.25, 0.3) is 11.0 Å². The molecule has 0 aliphatic carbocycles. The predicted octanol–water partition coefficient (Wildman–Crippen LogP) is 2.49. The number of aromatic nitrogens is 1. The first-order valence-corrected chi connectivity index (χ1v) is 9.94. The standard InChI is InChI=1S/C14H18N2O3S2/c1-20-9-11-5-4-8-16(11)21(17,18)10-13-12-6-2-3-7-14(12)19-15-13/h2-3,6-7,11H,4-5,8-10H2,1H3/t11-/m0/s1. The lowest BCUT2D eigenvalue weighted by atomic mass is 10.2. The Morgan fingerprint density at radius 3 is 3.05 bits per heavy atom. The van der Waals surface area contributed by atoms with Crippen LogP contribution in [-0.4, -0.2) is 42.5 Å². The lowest BCUT2D eigenvalue weighted by Gasteiger charge is -2.22. The van der Waals surface area contributed by atoms with Crippen LogP contribution in [-0.2, 0) is 15.8 Å². The Hall–Kier alpha value is -1.05. The average Bonchev–Trinajstić information content (AvgIpc) is 3.07. The molecule has 1 aromatic heterocycles. The molecule has 1 aliphatic heterocycles. The topological polar surface area (TPSA) is 63.4 Å². The van der Waals surface area contributed by atoms with E-state index in [9.17, 15) is 8.42 Å². The molecule has 5 nitrogen and oxygen atoms in total. The first kappa shape index (κ1) is 14.9. The molecule has 0 N–H and O–H groups in total. The third-order valence-electron chi connectivity index (χ3n) is 3.81. The van der Waals surface area contributed by atoms with Crippen molar-refractivity contribution in [2.24, 2.45) is 0 Å². The molecule has 7 heteroatoms. The molecule has 2 heterocycles. The number of hydrogen-bond donors (Lipinski definition) is 0. The first-order valence-electron chi connectivity index (χ1n) is 6.93. The van der Waals surface area contributed by atoms with Crippen LogP contribution >= 0.6 is 11.8 Å². The zero-order chi connectivity index (χ0) is 14.9. The van der Waals surface area contributed by atoms with Crippen LogP contribution < -0.4 is 0 Å². The van der Waals surface area contributed by atoms with E-state index in [1.807, 2.05) is 24.5 Å². The second-order valence-electron chi connectivity index (χ2n) is 5.24. The van der Waals surface area contributed by atoms with Gasteiger partial charge in [-0.05, 0) is 31.2 Å². The van der Waals surface area contributed by atoms with Crippen molar-refractivity contribution in [1.82, 2.24) is 9.46 Å². The smallest absolute Gasteiger partial charge is 0.220 e. The molecule has 0 amide bonds. The Morgan fingerprint density at radius 1 is 1.43 bits per heavy atom. The molecule has 21 heavy (non-hydrogen) atoms. The third-order valence-corrected chi connectivity index (χ3v) is 6.36. The Morgan fingerprint density at radius 2 is 2.24 bits per heavy atom. The molecule has 1 saturated heterocycles. The van der Waals surface area contributed by atoms with Crippen LogP contribution in [0, 0.1) is 0 Å². The van der Waals surface area contributed by atoms with E-state index in [0.29, 0.717) is 17.8 Å². The van der Waals surface area contributed by atoms with Crippen LogP contribution in [0.3, 0.4) is 0 Å². The van der Waals surface area contributed by atoms with Gasteiger partial charge in [0, 0.05) is 23.7 Å². The van der Waals surface area contributed by atoms with Gasteiger partial charge < -0.3 is 4.52 Å². The van der Waals surface area contributed by atoms with E-state index in [2.05, 4.69) is 5.16 Å². The van der Waals surface area contributed by atoms with Gasteiger partial charge in [0.2, 0.25) is 10.0 Å². The average molecular weight is 326 g/mol. The lowest BCUT2D eigenvalue weighted by Crippen LogP contribution is -2.37. The van der Waals surface area contributed by atoms with Crippen molar-refractivity contribution in [3.05, 3.63) is 30.0 Å². The van der Waals surface area contributed by atoms with Gasteiger partial charge in [-0.25, -0.2) is 8.42 Å². The maximum atomic E-state index is 12.7. The van der Waals surface area contributed by atoms with Gasteiger partial charge in [0.1, 0.15) is 11.4 Å². The van der Waals surface area contributed by atoms with Gasteiger partial charge in [0.05, 0.1) is 0 Å². The molecule has 1 atom stereocenters. The van der Waals surface area contributed by atoms with Crippen molar-refractivity contribution < 1.29 is 12.9 Å². The van der Waals surface area contributed by atoms with E-state index in [-0.39, 0.29) is 11.8 Å². The van der Waals surface area contributed by atoms with Gasteiger partial charge in [-0.15, -0.1) is 0 Å². The highest BCUT2D eigenvalue weighted by Gasteiger charge is 2.34. The van der Waals surface area contributed by atoms with Crippen molar-refractivity contribution >= 4 is 32.8 Å². The van der Waals surface area contributed by atoms with E-state index < -0.39 is 10.0 Å². The summed E-state index contributed by atoms with van der Waals surface area (Å²) in [6.45, 7) is 0.614. The van der Waals surface area contributed by atoms with Crippen molar-refractivity contribution in [3.63, 3.8) is 0 Å². The van der Waals surface area contributed by atoms with Crippen molar-refractivity contribution in [3.8, 4) is 0 Å². The molecule has 0 saturated carbocycles. The zero-order valence-corrected chi connectivity index (χ0v) is 13.5. The first-order chi connectivity index (χ1) is 10.1. The molecule has 3 rings (SSSR count). The Balaban J connectivity index is 1.86. The number of nitrogens with zero attached hydrogens (tertiary/aromatic N) is 2. The fraction of sp³-hybridized carbons (Fsp3) is 0.500. The molecule has 1 fully saturated rings. The monoisotopic (exact) mass is 326 g/mol. The van der Waals surface area contributed by atoms with Gasteiger partial charge in [0.25, 0.3) is 0 Å². The fourth-order valence-electron chi connectivity index (χ4n) is 2.83. The number of hydrogen-bond acceptors (Lipinski definition) is 5. The number of fused-ring (bicyclic) bond motifs is 1. The van der Waals surface area contributed by atoms with Gasteiger partial charge in [0.15, 0.2) is 5.58 Å². The Labute approximate surface area is 128 Å². The van der Waals surface area contributed by atoms with Gasteiger partial charge in [-0.1, -0.05) is 17.3 Å². The molecule has 0 spiro atoms. The van der Waals surface area contributed by atoms with E-state index in [1.165, 1.54) is 0 Å². The Bertz CT molecular complexity index is 727. The van der Waals surface area contributed by atoms with Crippen molar-refractivity contribution in [2.45, 2.75) is 24.6 Å². The highest BCUT2D eigenvalue weighted by atomic mass is 32.2. The van der Waals surface area contributed by atoms with Gasteiger partial charge in [-0.3, -0.25) is 0 Å². The highest BCUT2D eigenvalue weighted by Crippen LogP contribution is 2.27. The quantitative estimate of drug-likeness (QED) is 0.844. The highest BCUT2D eigenvalue weighted by molar-refractivity contribution is 7.98. The maximum absolute atomic E-state index is 12.7. The number of sulfonamides is 1. The summed E-state index contributed by atoms with van der Waals surface area (Å²) in [5.41, 5.74) is 1.13. The maximum Gasteiger partial charge on any atom is 0.220 e.